The lowest BCUT2D eigenvalue weighted by atomic mass is 10.1. The lowest BCUT2D eigenvalue weighted by molar-refractivity contribution is -0.139. The normalized spacial score (nSPS) is 11.9. The number of carbonyl (C=O) groups is 2. The summed E-state index contributed by atoms with van der Waals surface area (Å²) in [5, 5.41) is 21.6. The molecule has 4 aromatic rings. The molecular formula is C28H31ClN8O5S2. The van der Waals surface area contributed by atoms with Gasteiger partial charge in [-0.3, -0.25) is 14.5 Å². The monoisotopic (exact) mass is 658 g/mol. The number of amides is 1. The van der Waals surface area contributed by atoms with Gasteiger partial charge < -0.3 is 27.2 Å². The summed E-state index contributed by atoms with van der Waals surface area (Å²) in [7, 11) is -4.20. The van der Waals surface area contributed by atoms with E-state index in [0.29, 0.717) is 28.5 Å². The average Bonchev–Trinajstić information content (AvgIpc) is 3.56. The van der Waals surface area contributed by atoms with Crippen LogP contribution in [0.5, 0.6) is 0 Å². The van der Waals surface area contributed by atoms with Crippen LogP contribution in [0, 0.1) is 6.92 Å². The molecule has 16 heteroatoms. The molecule has 0 aliphatic rings. The molecule has 0 aliphatic heterocycles. The number of halogens is 1. The van der Waals surface area contributed by atoms with Gasteiger partial charge in [-0.2, -0.15) is 5.10 Å². The zero-order valence-corrected chi connectivity index (χ0v) is 25.9. The lowest BCUT2D eigenvalue weighted by Gasteiger charge is -2.16. The van der Waals surface area contributed by atoms with Crippen LogP contribution in [0.4, 0.5) is 11.4 Å². The average molecular weight is 659 g/mol. The Hall–Kier alpha value is -4.60. The number of benzene rings is 2. The van der Waals surface area contributed by atoms with Gasteiger partial charge in [-0.25, -0.2) is 17.9 Å². The van der Waals surface area contributed by atoms with Crippen molar-refractivity contribution in [3.63, 3.8) is 0 Å². The van der Waals surface area contributed by atoms with Gasteiger partial charge >= 0.3 is 5.97 Å². The van der Waals surface area contributed by atoms with Crippen molar-refractivity contribution in [2.45, 2.75) is 37.2 Å². The highest BCUT2D eigenvalue weighted by atomic mass is 35.5. The maximum Gasteiger partial charge on any atom is 0.326 e. The summed E-state index contributed by atoms with van der Waals surface area (Å²) in [5.41, 5.74) is 13.0. The quantitative estimate of drug-likeness (QED) is 0.0664. The molecule has 0 aliphatic carbocycles. The molecule has 2 heterocycles. The Labute approximate surface area is 263 Å². The van der Waals surface area contributed by atoms with Crippen molar-refractivity contribution in [2.24, 2.45) is 16.5 Å². The number of aliphatic carboxylic acids is 1. The van der Waals surface area contributed by atoms with E-state index in [1.165, 1.54) is 17.5 Å². The fourth-order valence-electron chi connectivity index (χ4n) is 4.25. The molecule has 0 radical (unpaired) electrons. The number of aryl methyl sites for hydroxylation is 1. The topological polar surface area (TPSA) is 207 Å². The van der Waals surface area contributed by atoms with Crippen molar-refractivity contribution in [3.05, 3.63) is 87.3 Å². The van der Waals surface area contributed by atoms with E-state index in [1.54, 1.807) is 22.9 Å². The highest BCUT2D eigenvalue weighted by Crippen LogP contribution is 2.30. The van der Waals surface area contributed by atoms with Crippen LogP contribution in [0.15, 0.2) is 75.9 Å². The third kappa shape index (κ3) is 7.86. The smallest absolute Gasteiger partial charge is 0.326 e. The van der Waals surface area contributed by atoms with Crippen LogP contribution in [-0.2, 0) is 21.4 Å². The van der Waals surface area contributed by atoms with Gasteiger partial charge in [0.2, 0.25) is 0 Å². The number of carbonyl (C=O) groups excluding carboxylic acids is 1. The first kappa shape index (κ1) is 32.3. The fraction of sp³-hybridized carbons (Fsp3) is 0.214. The molecule has 44 heavy (non-hydrogen) atoms. The van der Waals surface area contributed by atoms with E-state index in [9.17, 15) is 23.1 Å². The molecule has 0 unspecified atom stereocenters. The number of carboxylic acids is 1. The van der Waals surface area contributed by atoms with Gasteiger partial charge in [0.1, 0.15) is 21.0 Å². The lowest BCUT2D eigenvalue weighted by Crippen LogP contribution is -2.40. The van der Waals surface area contributed by atoms with E-state index >= 15 is 0 Å². The Bertz CT molecular complexity index is 1770. The number of thiophene rings is 1. The number of rotatable bonds is 14. The number of hydrogen-bond acceptors (Lipinski definition) is 8. The summed E-state index contributed by atoms with van der Waals surface area (Å²) in [6.45, 7) is 2.20. The summed E-state index contributed by atoms with van der Waals surface area (Å²) in [4.78, 5) is 28.5. The van der Waals surface area contributed by atoms with Crippen LogP contribution < -0.4 is 26.8 Å². The van der Waals surface area contributed by atoms with E-state index in [4.69, 9.17) is 23.1 Å². The number of carboxylic acid groups (broad SMARTS) is 1. The van der Waals surface area contributed by atoms with Crippen molar-refractivity contribution in [1.29, 1.82) is 0 Å². The second kappa shape index (κ2) is 14.2. The van der Waals surface area contributed by atoms with E-state index in [2.05, 4.69) is 25.4 Å². The van der Waals surface area contributed by atoms with Gasteiger partial charge in [0, 0.05) is 18.7 Å². The van der Waals surface area contributed by atoms with Crippen LogP contribution in [0.2, 0.25) is 5.15 Å². The minimum absolute atomic E-state index is 0.00483. The third-order valence-electron chi connectivity index (χ3n) is 6.42. The molecule has 8 N–H and O–H groups in total. The maximum absolute atomic E-state index is 13.5. The number of nitrogens with two attached hydrogens (primary N) is 2. The van der Waals surface area contributed by atoms with E-state index < -0.39 is 27.9 Å². The van der Waals surface area contributed by atoms with E-state index in [-0.39, 0.29) is 40.9 Å². The molecule has 0 saturated heterocycles. The number of anilines is 2. The molecule has 4 rings (SSSR count). The van der Waals surface area contributed by atoms with Gasteiger partial charge in [0.15, 0.2) is 5.96 Å². The molecular weight excluding hydrogens is 628 g/mol. The zero-order valence-electron chi connectivity index (χ0n) is 23.5. The number of nitrogens with zero attached hydrogens (tertiary/aromatic N) is 3. The highest BCUT2D eigenvalue weighted by Gasteiger charge is 2.26. The molecule has 0 fully saturated rings. The summed E-state index contributed by atoms with van der Waals surface area (Å²) in [6, 6.07) is 15.9. The Balaban J connectivity index is 1.49. The Morgan fingerprint density at radius 2 is 1.80 bits per heavy atom. The summed E-state index contributed by atoms with van der Waals surface area (Å²) in [5.74, 6) is -2.10. The highest BCUT2D eigenvalue weighted by molar-refractivity contribution is 7.93. The predicted molar refractivity (Wildman–Crippen MR) is 171 cm³/mol. The van der Waals surface area contributed by atoms with Crippen molar-refractivity contribution in [3.8, 4) is 5.69 Å². The Morgan fingerprint density at radius 3 is 2.50 bits per heavy atom. The number of para-hydroxylation sites is 2. The third-order valence-corrected chi connectivity index (χ3v) is 9.14. The summed E-state index contributed by atoms with van der Waals surface area (Å²) >= 11 is 7.61. The molecule has 2 aromatic carbocycles. The number of guanidine groups is 1. The maximum atomic E-state index is 13.5. The van der Waals surface area contributed by atoms with Gasteiger partial charge in [0.25, 0.3) is 15.9 Å². The van der Waals surface area contributed by atoms with Gasteiger partial charge in [-0.1, -0.05) is 41.9 Å². The predicted octanol–water partition coefficient (Wildman–Crippen LogP) is 3.55. The molecule has 1 amide bonds. The number of aliphatic imine (C=N–C) groups is 1. The van der Waals surface area contributed by atoms with Crippen molar-refractivity contribution in [2.75, 3.05) is 16.6 Å². The van der Waals surface area contributed by atoms with Crippen molar-refractivity contribution >= 4 is 62.2 Å². The largest absolute Gasteiger partial charge is 0.480 e. The molecule has 0 spiro atoms. The van der Waals surface area contributed by atoms with Gasteiger partial charge in [0.05, 0.1) is 22.8 Å². The minimum Gasteiger partial charge on any atom is -0.480 e. The molecule has 232 valence electrons. The first-order chi connectivity index (χ1) is 21.0. The molecule has 0 saturated carbocycles. The molecule has 13 nitrogen and oxygen atoms in total. The fourth-order valence-corrected chi connectivity index (χ4v) is 6.67. The Morgan fingerprint density at radius 1 is 1.09 bits per heavy atom. The molecule has 0 bridgehead atoms. The second-order valence-corrected chi connectivity index (χ2v) is 12.5. The zero-order chi connectivity index (χ0) is 31.9. The standard InChI is InChI=1S/C28H31ClN8O5S2/c1-17-19(25(29)37(35-17)18-8-3-2-4-9-18)16-33-20-10-5-6-12-23(20)44(41,42)36-21-13-15-43-24(21)26(38)34-22(27(39)40)11-7-14-32-28(30)31/h2-6,8-10,12-13,15,22,33,36H,7,11,14,16H2,1H3,(H,34,38)(H,39,40)(H4,30,31,32)/t22-/m0/s1. The first-order valence-electron chi connectivity index (χ1n) is 13.3. The second-order valence-electron chi connectivity index (χ2n) is 9.53. The molecule has 2 aromatic heterocycles. The summed E-state index contributed by atoms with van der Waals surface area (Å²) in [6.07, 6.45) is 0.373. The SMILES string of the molecule is Cc1nn(-c2ccccc2)c(Cl)c1CNc1ccccc1S(=O)(=O)Nc1ccsc1C(=O)N[C@@H](CCCN=C(N)N)C(=O)O. The Kier molecular flexibility index (Phi) is 10.5. The number of sulfonamides is 1. The van der Waals surface area contributed by atoms with Crippen LogP contribution in [0.25, 0.3) is 5.69 Å². The van der Waals surface area contributed by atoms with Crippen LogP contribution in [-0.4, -0.2) is 53.7 Å². The van der Waals surface area contributed by atoms with E-state index in [0.717, 1.165) is 17.0 Å². The van der Waals surface area contributed by atoms with Crippen molar-refractivity contribution < 1.29 is 23.1 Å². The van der Waals surface area contributed by atoms with Gasteiger partial charge in [-0.05, 0) is 55.5 Å². The van der Waals surface area contributed by atoms with Gasteiger partial charge in [-0.15, -0.1) is 11.3 Å². The summed E-state index contributed by atoms with van der Waals surface area (Å²) < 4.78 is 31.2. The number of hydrogen-bond donors (Lipinski definition) is 6. The van der Waals surface area contributed by atoms with E-state index in [1.807, 2.05) is 37.3 Å². The molecule has 1 atom stereocenters. The number of aromatic nitrogens is 2. The van der Waals surface area contributed by atoms with Crippen molar-refractivity contribution in [1.82, 2.24) is 15.1 Å². The minimum atomic E-state index is -4.20. The van der Waals surface area contributed by atoms with Crippen LogP contribution >= 0.6 is 22.9 Å². The van der Waals surface area contributed by atoms with Crippen LogP contribution in [0.1, 0.15) is 33.8 Å². The van der Waals surface area contributed by atoms with Crippen LogP contribution in [0.3, 0.4) is 0 Å². The number of nitrogens with one attached hydrogen (secondary N) is 3. The first-order valence-corrected chi connectivity index (χ1v) is 16.0.